The van der Waals surface area contributed by atoms with E-state index in [4.69, 9.17) is 0 Å². The van der Waals surface area contributed by atoms with Gasteiger partial charge in [-0.1, -0.05) is 17.4 Å². The Morgan fingerprint density at radius 1 is 1.00 bits per heavy atom. The first-order valence-corrected chi connectivity index (χ1v) is 12.1. The molecule has 8 nitrogen and oxygen atoms in total. The van der Waals surface area contributed by atoms with Gasteiger partial charge in [-0.05, 0) is 43.5 Å². The molecule has 0 unspecified atom stereocenters. The minimum atomic E-state index is -0.336. The molecule has 3 aromatic rings. The van der Waals surface area contributed by atoms with Gasteiger partial charge in [-0.25, -0.2) is 0 Å². The van der Waals surface area contributed by atoms with Crippen molar-refractivity contribution in [3.63, 3.8) is 0 Å². The number of imide groups is 1. The first-order valence-electron chi connectivity index (χ1n) is 10.4. The predicted molar refractivity (Wildman–Crippen MR) is 123 cm³/mol. The van der Waals surface area contributed by atoms with Crippen molar-refractivity contribution in [3.05, 3.63) is 52.4 Å². The molecule has 1 aromatic carbocycles. The minimum absolute atomic E-state index is 0.132. The van der Waals surface area contributed by atoms with Crippen LogP contribution in [-0.2, 0) is 0 Å². The molecule has 2 aliphatic rings. The fraction of sp³-hybridized carbons (Fsp3) is 0.318. The van der Waals surface area contributed by atoms with Crippen LogP contribution in [0.2, 0.25) is 0 Å². The lowest BCUT2D eigenvalue weighted by molar-refractivity contribution is 0.0608. The molecule has 4 heterocycles. The van der Waals surface area contributed by atoms with Crippen LogP contribution in [0.3, 0.4) is 0 Å². The third-order valence-electron chi connectivity index (χ3n) is 5.67. The molecule has 0 radical (unpaired) electrons. The van der Waals surface area contributed by atoms with Crippen molar-refractivity contribution in [1.29, 1.82) is 0 Å². The number of carbonyl (C=O) groups is 3. The number of rotatable bonds is 4. The second kappa shape index (κ2) is 8.10. The molecular weight excluding hydrogens is 446 g/mol. The number of fused-ring (bicyclic) bond motifs is 1. The third-order valence-corrected chi connectivity index (χ3v) is 7.69. The highest BCUT2D eigenvalue weighted by atomic mass is 32.1. The Bertz CT molecular complexity index is 1200. The van der Waals surface area contributed by atoms with E-state index in [2.05, 4.69) is 15.1 Å². The molecular formula is C22H21N5O3S2. The third kappa shape index (κ3) is 3.49. The van der Waals surface area contributed by atoms with Gasteiger partial charge in [0.2, 0.25) is 5.13 Å². The second-order valence-electron chi connectivity index (χ2n) is 7.98. The normalized spacial score (nSPS) is 16.3. The van der Waals surface area contributed by atoms with E-state index in [1.54, 1.807) is 59.6 Å². The van der Waals surface area contributed by atoms with Gasteiger partial charge in [0.1, 0.15) is 0 Å². The van der Waals surface area contributed by atoms with Crippen molar-refractivity contribution >= 4 is 45.5 Å². The lowest BCUT2D eigenvalue weighted by Crippen LogP contribution is -2.48. The van der Waals surface area contributed by atoms with Gasteiger partial charge in [0, 0.05) is 37.8 Å². The van der Waals surface area contributed by atoms with Crippen LogP contribution in [0.4, 0.5) is 5.13 Å². The average Bonchev–Trinajstić information content (AvgIpc) is 3.53. The first-order chi connectivity index (χ1) is 15.4. The van der Waals surface area contributed by atoms with E-state index in [9.17, 15) is 14.4 Å². The SMILES string of the molecule is CC(C)N1C(=O)c2ccc(C(=O)N3CCN(c4nnc(-c5cccs5)s4)CC3)cc2C1=O. The Kier molecular flexibility index (Phi) is 5.26. The number of carbonyl (C=O) groups excluding carboxylic acids is 3. The molecule has 0 atom stereocenters. The van der Waals surface area contributed by atoms with Crippen LogP contribution in [0.25, 0.3) is 9.88 Å². The number of hydrogen-bond donors (Lipinski definition) is 0. The fourth-order valence-electron chi connectivity index (χ4n) is 3.99. The van der Waals surface area contributed by atoms with Gasteiger partial charge in [0.15, 0.2) is 5.01 Å². The summed E-state index contributed by atoms with van der Waals surface area (Å²) in [5.74, 6) is -0.767. The van der Waals surface area contributed by atoms with Gasteiger partial charge in [0.25, 0.3) is 17.7 Å². The Hall–Kier alpha value is -3.11. The van der Waals surface area contributed by atoms with E-state index in [1.165, 1.54) is 4.90 Å². The van der Waals surface area contributed by atoms with Crippen LogP contribution in [0.5, 0.6) is 0 Å². The summed E-state index contributed by atoms with van der Waals surface area (Å²) in [6, 6.07) is 8.59. The highest BCUT2D eigenvalue weighted by molar-refractivity contribution is 7.22. The van der Waals surface area contributed by atoms with Crippen molar-refractivity contribution in [2.24, 2.45) is 0 Å². The molecule has 32 heavy (non-hydrogen) atoms. The highest BCUT2D eigenvalue weighted by Gasteiger charge is 2.38. The Balaban J connectivity index is 1.27. The zero-order valence-electron chi connectivity index (χ0n) is 17.6. The van der Waals surface area contributed by atoms with Gasteiger partial charge >= 0.3 is 0 Å². The van der Waals surface area contributed by atoms with Crippen LogP contribution >= 0.6 is 22.7 Å². The summed E-state index contributed by atoms with van der Waals surface area (Å²) < 4.78 is 0. The largest absolute Gasteiger partial charge is 0.343 e. The summed E-state index contributed by atoms with van der Waals surface area (Å²) in [6.07, 6.45) is 0. The molecule has 3 amide bonds. The number of aromatic nitrogens is 2. The molecule has 0 N–H and O–H groups in total. The van der Waals surface area contributed by atoms with E-state index in [-0.39, 0.29) is 23.8 Å². The highest BCUT2D eigenvalue weighted by Crippen LogP contribution is 2.32. The number of amides is 3. The topological polar surface area (TPSA) is 86.7 Å². The summed E-state index contributed by atoms with van der Waals surface area (Å²) in [4.78, 5) is 44.5. The van der Waals surface area contributed by atoms with E-state index in [0.717, 1.165) is 15.0 Å². The summed E-state index contributed by atoms with van der Waals surface area (Å²) in [5.41, 5.74) is 1.10. The van der Waals surface area contributed by atoms with Gasteiger partial charge in [-0.2, -0.15) is 0 Å². The number of nitrogens with zero attached hydrogens (tertiary/aromatic N) is 5. The smallest absolute Gasteiger partial charge is 0.261 e. The summed E-state index contributed by atoms with van der Waals surface area (Å²) in [5, 5.41) is 12.4. The van der Waals surface area contributed by atoms with Crippen LogP contribution in [0.15, 0.2) is 35.7 Å². The lowest BCUT2D eigenvalue weighted by Gasteiger charge is -2.34. The average molecular weight is 468 g/mol. The molecule has 5 rings (SSSR count). The first kappa shape index (κ1) is 20.8. The van der Waals surface area contributed by atoms with Crippen LogP contribution < -0.4 is 4.90 Å². The van der Waals surface area contributed by atoms with Crippen molar-refractivity contribution in [3.8, 4) is 9.88 Å². The van der Waals surface area contributed by atoms with Gasteiger partial charge in [-0.15, -0.1) is 21.5 Å². The van der Waals surface area contributed by atoms with Crippen LogP contribution in [-0.4, -0.2) is 69.9 Å². The van der Waals surface area contributed by atoms with E-state index in [1.807, 2.05) is 17.5 Å². The Labute approximate surface area is 193 Å². The predicted octanol–water partition coefficient (Wildman–Crippen LogP) is 3.23. The van der Waals surface area contributed by atoms with E-state index >= 15 is 0 Å². The van der Waals surface area contributed by atoms with Gasteiger partial charge in [0.05, 0.1) is 16.0 Å². The molecule has 0 bridgehead atoms. The Morgan fingerprint density at radius 2 is 1.75 bits per heavy atom. The number of thiophene rings is 1. The lowest BCUT2D eigenvalue weighted by atomic mass is 10.0. The van der Waals surface area contributed by atoms with Crippen molar-refractivity contribution in [1.82, 2.24) is 20.0 Å². The molecule has 1 fully saturated rings. The maximum atomic E-state index is 13.1. The van der Waals surface area contributed by atoms with Gasteiger partial charge in [-0.3, -0.25) is 19.3 Å². The van der Waals surface area contributed by atoms with Crippen LogP contribution in [0, 0.1) is 0 Å². The molecule has 0 spiro atoms. The standard InChI is InChI=1S/C22H21N5O3S2/c1-13(2)27-20(29)15-6-5-14(12-16(15)21(27)30)19(28)25-7-9-26(10-8-25)22-24-23-18(32-22)17-4-3-11-31-17/h3-6,11-13H,7-10H2,1-2H3. The number of benzene rings is 1. The summed E-state index contributed by atoms with van der Waals surface area (Å²) >= 11 is 3.19. The quantitative estimate of drug-likeness (QED) is 0.548. The molecule has 0 aliphatic carbocycles. The van der Waals surface area contributed by atoms with Crippen molar-refractivity contribution in [2.45, 2.75) is 19.9 Å². The van der Waals surface area contributed by atoms with E-state index in [0.29, 0.717) is 42.9 Å². The molecule has 164 valence electrons. The molecule has 2 aliphatic heterocycles. The van der Waals surface area contributed by atoms with Crippen LogP contribution in [0.1, 0.15) is 44.9 Å². The molecule has 0 saturated carbocycles. The molecule has 10 heteroatoms. The zero-order chi connectivity index (χ0) is 22.4. The number of piperazine rings is 1. The van der Waals surface area contributed by atoms with Crippen molar-refractivity contribution < 1.29 is 14.4 Å². The maximum absolute atomic E-state index is 13.1. The van der Waals surface area contributed by atoms with E-state index < -0.39 is 0 Å². The second-order valence-corrected chi connectivity index (χ2v) is 9.88. The van der Waals surface area contributed by atoms with Gasteiger partial charge < -0.3 is 9.80 Å². The maximum Gasteiger partial charge on any atom is 0.261 e. The summed E-state index contributed by atoms with van der Waals surface area (Å²) in [6.45, 7) is 6.02. The number of hydrogen-bond acceptors (Lipinski definition) is 8. The number of anilines is 1. The molecule has 2 aromatic heterocycles. The van der Waals surface area contributed by atoms with Crippen molar-refractivity contribution in [2.75, 3.05) is 31.1 Å². The Morgan fingerprint density at radius 3 is 2.44 bits per heavy atom. The molecule has 1 saturated heterocycles. The fourth-order valence-corrected chi connectivity index (χ4v) is 5.68. The minimum Gasteiger partial charge on any atom is -0.343 e. The monoisotopic (exact) mass is 467 g/mol. The summed E-state index contributed by atoms with van der Waals surface area (Å²) in [7, 11) is 0. The zero-order valence-corrected chi connectivity index (χ0v) is 19.3.